The highest BCUT2D eigenvalue weighted by molar-refractivity contribution is 7.14. The lowest BCUT2D eigenvalue weighted by Gasteiger charge is -2.12. The van der Waals surface area contributed by atoms with Crippen LogP contribution in [-0.2, 0) is 4.79 Å². The second-order valence-corrected chi connectivity index (χ2v) is 5.54. The standard InChI is InChI=1S/C13H13ClN4O2S/c1-18(6-11(15)19)12(20)10-7-21-13(17-10)16-9-5-3-2-4-8(9)14/h2-5,7H,6H2,1H3,(H2,15,19)(H,16,17). The molecule has 110 valence electrons. The van der Waals surface area contributed by atoms with Crippen LogP contribution in [0.3, 0.4) is 0 Å². The summed E-state index contributed by atoms with van der Waals surface area (Å²) >= 11 is 7.31. The molecule has 2 amide bonds. The van der Waals surface area contributed by atoms with Crippen molar-refractivity contribution in [2.75, 3.05) is 18.9 Å². The van der Waals surface area contributed by atoms with Gasteiger partial charge in [0, 0.05) is 12.4 Å². The van der Waals surface area contributed by atoms with E-state index >= 15 is 0 Å². The molecule has 0 aliphatic heterocycles. The van der Waals surface area contributed by atoms with Crippen molar-refractivity contribution in [1.29, 1.82) is 0 Å². The van der Waals surface area contributed by atoms with E-state index in [1.54, 1.807) is 11.4 Å². The van der Waals surface area contributed by atoms with Crippen molar-refractivity contribution < 1.29 is 9.59 Å². The van der Waals surface area contributed by atoms with E-state index in [0.717, 1.165) is 0 Å². The minimum absolute atomic E-state index is 0.149. The fraction of sp³-hybridized carbons (Fsp3) is 0.154. The fourth-order valence-electron chi connectivity index (χ4n) is 1.61. The highest BCUT2D eigenvalue weighted by Gasteiger charge is 2.17. The van der Waals surface area contributed by atoms with Crippen molar-refractivity contribution in [3.8, 4) is 0 Å². The zero-order valence-electron chi connectivity index (χ0n) is 11.2. The van der Waals surface area contributed by atoms with Crippen molar-refractivity contribution in [2.45, 2.75) is 0 Å². The van der Waals surface area contributed by atoms with E-state index in [1.165, 1.54) is 23.3 Å². The molecule has 6 nitrogen and oxygen atoms in total. The van der Waals surface area contributed by atoms with Crippen LogP contribution in [0.5, 0.6) is 0 Å². The Balaban J connectivity index is 2.09. The highest BCUT2D eigenvalue weighted by Crippen LogP contribution is 2.26. The number of nitrogens with one attached hydrogen (secondary N) is 1. The number of nitrogens with two attached hydrogens (primary N) is 1. The van der Waals surface area contributed by atoms with Crippen LogP contribution in [0.4, 0.5) is 10.8 Å². The van der Waals surface area contributed by atoms with Gasteiger partial charge in [-0.1, -0.05) is 23.7 Å². The molecule has 21 heavy (non-hydrogen) atoms. The van der Waals surface area contributed by atoms with Crippen LogP contribution in [0, 0.1) is 0 Å². The van der Waals surface area contributed by atoms with Gasteiger partial charge < -0.3 is 16.0 Å². The molecule has 0 aliphatic carbocycles. The summed E-state index contributed by atoms with van der Waals surface area (Å²) in [5.74, 6) is -0.937. The number of carbonyl (C=O) groups is 2. The summed E-state index contributed by atoms with van der Waals surface area (Å²) in [6.45, 7) is -0.149. The lowest BCUT2D eigenvalue weighted by atomic mass is 10.3. The molecule has 0 radical (unpaired) electrons. The van der Waals surface area contributed by atoms with Crippen LogP contribution in [0.15, 0.2) is 29.6 Å². The van der Waals surface area contributed by atoms with Gasteiger partial charge in [0.1, 0.15) is 5.69 Å². The number of hydrogen-bond donors (Lipinski definition) is 2. The molecule has 3 N–H and O–H groups in total. The highest BCUT2D eigenvalue weighted by atomic mass is 35.5. The average Bonchev–Trinajstić information content (AvgIpc) is 2.88. The van der Waals surface area contributed by atoms with Crippen LogP contribution in [0.2, 0.25) is 5.02 Å². The molecule has 0 aliphatic rings. The van der Waals surface area contributed by atoms with E-state index in [-0.39, 0.29) is 18.1 Å². The number of likely N-dealkylation sites (N-methyl/N-ethyl adjacent to an activating group) is 1. The van der Waals surface area contributed by atoms with Gasteiger partial charge >= 0.3 is 0 Å². The van der Waals surface area contributed by atoms with Crippen molar-refractivity contribution >= 4 is 45.6 Å². The first-order chi connectivity index (χ1) is 9.97. The Morgan fingerprint density at radius 3 is 2.81 bits per heavy atom. The molecule has 0 atom stereocenters. The van der Waals surface area contributed by atoms with E-state index in [9.17, 15) is 9.59 Å². The predicted octanol–water partition coefficient (Wildman–Crippen LogP) is 2.10. The van der Waals surface area contributed by atoms with Crippen molar-refractivity contribution in [3.63, 3.8) is 0 Å². The van der Waals surface area contributed by atoms with E-state index in [1.807, 2.05) is 18.2 Å². The van der Waals surface area contributed by atoms with Gasteiger partial charge in [0.2, 0.25) is 5.91 Å². The van der Waals surface area contributed by atoms with Gasteiger partial charge in [0.25, 0.3) is 5.91 Å². The molecule has 0 fully saturated rings. The number of rotatable bonds is 5. The maximum absolute atomic E-state index is 12.0. The predicted molar refractivity (Wildman–Crippen MR) is 83.0 cm³/mol. The Morgan fingerprint density at radius 1 is 1.43 bits per heavy atom. The lowest BCUT2D eigenvalue weighted by Crippen LogP contribution is -2.35. The quantitative estimate of drug-likeness (QED) is 0.881. The van der Waals surface area contributed by atoms with Gasteiger partial charge in [-0.05, 0) is 12.1 Å². The molecular formula is C13H13ClN4O2S. The molecule has 0 saturated carbocycles. The fourth-order valence-corrected chi connectivity index (χ4v) is 2.49. The third-order valence-corrected chi connectivity index (χ3v) is 3.67. The van der Waals surface area contributed by atoms with E-state index in [4.69, 9.17) is 17.3 Å². The number of anilines is 2. The Labute approximate surface area is 130 Å². The summed E-state index contributed by atoms with van der Waals surface area (Å²) in [5, 5.41) is 5.75. The number of para-hydroxylation sites is 1. The normalized spacial score (nSPS) is 10.2. The van der Waals surface area contributed by atoms with Gasteiger partial charge in [-0.25, -0.2) is 4.98 Å². The van der Waals surface area contributed by atoms with Crippen molar-refractivity contribution in [2.24, 2.45) is 5.73 Å². The van der Waals surface area contributed by atoms with Gasteiger partial charge in [-0.2, -0.15) is 0 Å². The topological polar surface area (TPSA) is 88.3 Å². The number of benzene rings is 1. The molecule has 0 saturated heterocycles. The Morgan fingerprint density at radius 2 is 2.14 bits per heavy atom. The molecule has 0 bridgehead atoms. The van der Waals surface area contributed by atoms with Gasteiger partial charge in [-0.15, -0.1) is 11.3 Å². The van der Waals surface area contributed by atoms with E-state index in [2.05, 4.69) is 10.3 Å². The Bertz CT molecular complexity index is 674. The number of halogens is 1. The van der Waals surface area contributed by atoms with Crippen LogP contribution in [-0.4, -0.2) is 35.3 Å². The van der Waals surface area contributed by atoms with E-state index < -0.39 is 5.91 Å². The minimum atomic E-state index is -0.574. The number of nitrogens with zero attached hydrogens (tertiary/aromatic N) is 2. The second-order valence-electron chi connectivity index (χ2n) is 4.27. The third kappa shape index (κ3) is 3.93. The first-order valence-corrected chi connectivity index (χ1v) is 7.24. The smallest absolute Gasteiger partial charge is 0.273 e. The van der Waals surface area contributed by atoms with Crippen molar-refractivity contribution in [3.05, 3.63) is 40.4 Å². The minimum Gasteiger partial charge on any atom is -0.368 e. The molecule has 0 unspecified atom stereocenters. The summed E-state index contributed by atoms with van der Waals surface area (Å²) in [6.07, 6.45) is 0. The Kier molecular flexibility index (Phi) is 4.77. The monoisotopic (exact) mass is 324 g/mol. The van der Waals surface area contributed by atoms with Crippen LogP contribution >= 0.6 is 22.9 Å². The van der Waals surface area contributed by atoms with E-state index in [0.29, 0.717) is 15.8 Å². The summed E-state index contributed by atoms with van der Waals surface area (Å²) in [6, 6.07) is 7.23. The number of hydrogen-bond acceptors (Lipinski definition) is 5. The number of carbonyl (C=O) groups excluding carboxylic acids is 2. The summed E-state index contributed by atoms with van der Waals surface area (Å²) in [5.41, 5.74) is 6.01. The number of thiazole rings is 1. The molecule has 2 aromatic rings. The lowest BCUT2D eigenvalue weighted by molar-refractivity contribution is -0.118. The number of primary amides is 1. The first kappa shape index (κ1) is 15.3. The molecule has 1 aromatic carbocycles. The summed E-state index contributed by atoms with van der Waals surface area (Å²) in [7, 11) is 1.49. The van der Waals surface area contributed by atoms with Gasteiger partial charge in [0.05, 0.1) is 17.3 Å². The first-order valence-electron chi connectivity index (χ1n) is 5.98. The maximum Gasteiger partial charge on any atom is 0.273 e. The van der Waals surface area contributed by atoms with Crippen LogP contribution < -0.4 is 11.1 Å². The zero-order chi connectivity index (χ0) is 15.4. The molecule has 1 aromatic heterocycles. The average molecular weight is 325 g/mol. The van der Waals surface area contributed by atoms with Crippen molar-refractivity contribution in [1.82, 2.24) is 9.88 Å². The maximum atomic E-state index is 12.0. The summed E-state index contributed by atoms with van der Waals surface area (Å²) < 4.78 is 0. The van der Waals surface area contributed by atoms with Crippen LogP contribution in [0.1, 0.15) is 10.5 Å². The molecule has 0 spiro atoms. The zero-order valence-corrected chi connectivity index (χ0v) is 12.7. The SMILES string of the molecule is CN(CC(N)=O)C(=O)c1csc(Nc2ccccc2Cl)n1. The third-order valence-electron chi connectivity index (χ3n) is 2.58. The number of amides is 2. The molecular weight excluding hydrogens is 312 g/mol. The Hall–Kier alpha value is -2.12. The number of aromatic nitrogens is 1. The second kappa shape index (κ2) is 6.55. The van der Waals surface area contributed by atoms with Gasteiger partial charge in [0.15, 0.2) is 5.13 Å². The van der Waals surface area contributed by atoms with Crippen LogP contribution in [0.25, 0.3) is 0 Å². The molecule has 1 heterocycles. The summed E-state index contributed by atoms with van der Waals surface area (Å²) in [4.78, 5) is 28.2. The van der Waals surface area contributed by atoms with Gasteiger partial charge in [-0.3, -0.25) is 9.59 Å². The largest absolute Gasteiger partial charge is 0.368 e. The molecule has 8 heteroatoms. The molecule has 2 rings (SSSR count).